The van der Waals surface area contributed by atoms with E-state index in [1.165, 1.54) is 5.56 Å². The maximum absolute atomic E-state index is 8.62. The number of benzene rings is 1. The van der Waals surface area contributed by atoms with Crippen molar-refractivity contribution in [3.63, 3.8) is 0 Å². The van der Waals surface area contributed by atoms with E-state index >= 15 is 0 Å². The van der Waals surface area contributed by atoms with Crippen LogP contribution in [0.3, 0.4) is 0 Å². The summed E-state index contributed by atoms with van der Waals surface area (Å²) >= 11 is 7.94. The third kappa shape index (κ3) is 6.94. The Kier molecular flexibility index (Phi) is 8.53. The molecule has 2 N–H and O–H groups in total. The zero-order valence-corrected chi connectivity index (χ0v) is 11.6. The Morgan fingerprint density at radius 1 is 1.18 bits per heavy atom. The summed E-state index contributed by atoms with van der Waals surface area (Å²) in [6.07, 6.45) is 1.87. The van der Waals surface area contributed by atoms with E-state index in [0.717, 1.165) is 42.5 Å². The van der Waals surface area contributed by atoms with Gasteiger partial charge in [0.25, 0.3) is 0 Å². The molecule has 0 fully saturated rings. The summed E-state index contributed by atoms with van der Waals surface area (Å²) in [6.45, 7) is 2.28. The smallest absolute Gasteiger partial charge is 0.0438 e. The van der Waals surface area contributed by atoms with E-state index in [9.17, 15) is 0 Å². The van der Waals surface area contributed by atoms with E-state index in [1.54, 1.807) is 0 Å². The minimum absolute atomic E-state index is 0.299. The third-order valence-corrected chi connectivity index (χ3v) is 3.84. The molecule has 0 aliphatic heterocycles. The second-order valence-electron chi connectivity index (χ2n) is 3.78. The first-order chi connectivity index (χ1) is 8.34. The van der Waals surface area contributed by atoms with Crippen LogP contribution in [0.5, 0.6) is 0 Å². The molecule has 1 aromatic carbocycles. The Morgan fingerprint density at radius 3 is 2.76 bits per heavy atom. The van der Waals surface area contributed by atoms with Gasteiger partial charge in [-0.1, -0.05) is 29.8 Å². The molecule has 0 aromatic heterocycles. The largest absolute Gasteiger partial charge is 0.396 e. The number of hydrogen-bond acceptors (Lipinski definition) is 3. The van der Waals surface area contributed by atoms with Gasteiger partial charge in [-0.05, 0) is 36.8 Å². The van der Waals surface area contributed by atoms with Gasteiger partial charge in [0, 0.05) is 23.9 Å². The van der Waals surface area contributed by atoms with Gasteiger partial charge in [0.05, 0.1) is 0 Å². The lowest BCUT2D eigenvalue weighted by Gasteiger charge is -2.06. The summed E-state index contributed by atoms with van der Waals surface area (Å²) in [5, 5.41) is 12.9. The first kappa shape index (κ1) is 14.8. The van der Waals surface area contributed by atoms with Gasteiger partial charge in [-0.25, -0.2) is 0 Å². The molecule has 0 aliphatic rings. The van der Waals surface area contributed by atoms with Gasteiger partial charge in [0.2, 0.25) is 0 Å². The van der Waals surface area contributed by atoms with Gasteiger partial charge < -0.3 is 10.4 Å². The van der Waals surface area contributed by atoms with Crippen LogP contribution in [0.15, 0.2) is 24.3 Å². The van der Waals surface area contributed by atoms with Crippen LogP contribution in [0.2, 0.25) is 5.02 Å². The van der Waals surface area contributed by atoms with Crippen LogP contribution < -0.4 is 5.32 Å². The molecular weight excluding hydrogens is 254 g/mol. The Morgan fingerprint density at radius 2 is 2.00 bits per heavy atom. The fourth-order valence-corrected chi connectivity index (χ4v) is 2.52. The van der Waals surface area contributed by atoms with Crippen LogP contribution in [0.4, 0.5) is 0 Å². The van der Waals surface area contributed by atoms with Crippen molar-refractivity contribution in [3.8, 4) is 0 Å². The van der Waals surface area contributed by atoms with Crippen molar-refractivity contribution >= 4 is 23.4 Å². The standard InChI is InChI=1S/C13H20ClNOS/c14-13-5-2-1-4-12(13)6-7-15-8-11-17-10-3-9-16/h1-2,4-5,15-16H,3,6-11H2. The first-order valence-electron chi connectivity index (χ1n) is 5.97. The molecule has 17 heavy (non-hydrogen) atoms. The van der Waals surface area contributed by atoms with E-state index in [-0.39, 0.29) is 0 Å². The van der Waals surface area contributed by atoms with E-state index in [1.807, 2.05) is 30.0 Å². The molecule has 0 saturated carbocycles. The van der Waals surface area contributed by atoms with E-state index < -0.39 is 0 Å². The molecule has 0 atom stereocenters. The average Bonchev–Trinajstić information content (AvgIpc) is 2.35. The average molecular weight is 274 g/mol. The third-order valence-electron chi connectivity index (χ3n) is 2.40. The maximum atomic E-state index is 8.62. The van der Waals surface area contributed by atoms with E-state index in [2.05, 4.69) is 11.4 Å². The number of rotatable bonds is 9. The van der Waals surface area contributed by atoms with Crippen LogP contribution in [-0.4, -0.2) is 36.3 Å². The van der Waals surface area contributed by atoms with Crippen molar-refractivity contribution in [2.45, 2.75) is 12.8 Å². The predicted octanol–water partition coefficient (Wildman–Crippen LogP) is 2.59. The SMILES string of the molecule is OCCCSCCNCCc1ccccc1Cl. The number of thioether (sulfide) groups is 1. The zero-order valence-electron chi connectivity index (χ0n) is 9.99. The Balaban J connectivity index is 1.99. The number of aliphatic hydroxyl groups is 1. The molecular formula is C13H20ClNOS. The van der Waals surface area contributed by atoms with Crippen LogP contribution in [0.1, 0.15) is 12.0 Å². The van der Waals surface area contributed by atoms with Crippen molar-refractivity contribution in [2.75, 3.05) is 31.2 Å². The quantitative estimate of drug-likeness (QED) is 0.679. The zero-order chi connectivity index (χ0) is 12.3. The fourth-order valence-electron chi connectivity index (χ4n) is 1.46. The van der Waals surface area contributed by atoms with Crippen molar-refractivity contribution < 1.29 is 5.11 Å². The highest BCUT2D eigenvalue weighted by molar-refractivity contribution is 7.99. The summed E-state index contributed by atoms with van der Waals surface area (Å²) in [6, 6.07) is 7.98. The summed E-state index contributed by atoms with van der Waals surface area (Å²) in [4.78, 5) is 0. The first-order valence-corrected chi connectivity index (χ1v) is 7.50. The molecule has 0 radical (unpaired) electrons. The minimum atomic E-state index is 0.299. The topological polar surface area (TPSA) is 32.3 Å². The van der Waals surface area contributed by atoms with Crippen LogP contribution >= 0.6 is 23.4 Å². The van der Waals surface area contributed by atoms with Gasteiger partial charge in [-0.2, -0.15) is 11.8 Å². The van der Waals surface area contributed by atoms with Crippen LogP contribution in [-0.2, 0) is 6.42 Å². The van der Waals surface area contributed by atoms with Crippen molar-refractivity contribution in [1.82, 2.24) is 5.32 Å². The predicted molar refractivity (Wildman–Crippen MR) is 77.1 cm³/mol. The van der Waals surface area contributed by atoms with E-state index in [4.69, 9.17) is 16.7 Å². The Labute approximate surface area is 113 Å². The summed E-state index contributed by atoms with van der Waals surface area (Å²) in [7, 11) is 0. The van der Waals surface area contributed by atoms with Crippen molar-refractivity contribution in [3.05, 3.63) is 34.9 Å². The number of hydrogen-bond donors (Lipinski definition) is 2. The highest BCUT2D eigenvalue weighted by atomic mass is 35.5. The van der Waals surface area contributed by atoms with Gasteiger partial charge >= 0.3 is 0 Å². The molecule has 1 rings (SSSR count). The monoisotopic (exact) mass is 273 g/mol. The summed E-state index contributed by atoms with van der Waals surface area (Å²) < 4.78 is 0. The van der Waals surface area contributed by atoms with Gasteiger partial charge in [0.15, 0.2) is 0 Å². The van der Waals surface area contributed by atoms with E-state index in [0.29, 0.717) is 6.61 Å². The maximum Gasteiger partial charge on any atom is 0.0438 e. The summed E-state index contributed by atoms with van der Waals surface area (Å²) in [5.41, 5.74) is 1.20. The lowest BCUT2D eigenvalue weighted by molar-refractivity contribution is 0.296. The summed E-state index contributed by atoms with van der Waals surface area (Å²) in [5.74, 6) is 2.14. The molecule has 0 saturated heterocycles. The lowest BCUT2D eigenvalue weighted by atomic mass is 10.1. The fraction of sp³-hybridized carbons (Fsp3) is 0.538. The second-order valence-corrected chi connectivity index (χ2v) is 5.41. The molecule has 0 heterocycles. The molecule has 96 valence electrons. The second kappa shape index (κ2) is 9.77. The van der Waals surface area contributed by atoms with Crippen molar-refractivity contribution in [2.24, 2.45) is 0 Å². The van der Waals surface area contributed by atoms with Gasteiger partial charge in [0.1, 0.15) is 0 Å². The number of halogens is 1. The number of aliphatic hydroxyl groups excluding tert-OH is 1. The molecule has 2 nitrogen and oxygen atoms in total. The highest BCUT2D eigenvalue weighted by Crippen LogP contribution is 2.14. The molecule has 4 heteroatoms. The molecule has 0 spiro atoms. The molecule has 0 bridgehead atoms. The van der Waals surface area contributed by atoms with Gasteiger partial charge in [-0.3, -0.25) is 0 Å². The van der Waals surface area contributed by atoms with Crippen LogP contribution in [0.25, 0.3) is 0 Å². The lowest BCUT2D eigenvalue weighted by Crippen LogP contribution is -2.20. The highest BCUT2D eigenvalue weighted by Gasteiger charge is 1.97. The molecule has 0 aliphatic carbocycles. The normalized spacial score (nSPS) is 10.7. The van der Waals surface area contributed by atoms with Gasteiger partial charge in [-0.15, -0.1) is 0 Å². The van der Waals surface area contributed by atoms with Crippen molar-refractivity contribution in [1.29, 1.82) is 0 Å². The Bertz CT molecular complexity index is 309. The Hall–Kier alpha value is -0.220. The molecule has 1 aromatic rings. The molecule has 0 unspecified atom stereocenters. The minimum Gasteiger partial charge on any atom is -0.396 e. The molecule has 0 amide bonds. The number of nitrogens with one attached hydrogen (secondary N) is 1. The van der Waals surface area contributed by atoms with Crippen LogP contribution in [0, 0.1) is 0 Å².